The molecule has 0 unspecified atom stereocenters. The van der Waals surface area contributed by atoms with Crippen molar-refractivity contribution >= 4 is 43.4 Å². The Labute approximate surface area is 177 Å². The second-order valence-electron chi connectivity index (χ2n) is 7.01. The van der Waals surface area contributed by atoms with Crippen LogP contribution in [0.15, 0.2) is 70.5 Å². The van der Waals surface area contributed by atoms with Gasteiger partial charge >= 0.3 is 0 Å². The minimum Gasteiger partial charge on any atom is -0.344 e. The van der Waals surface area contributed by atoms with Gasteiger partial charge in [0.15, 0.2) is 0 Å². The molecule has 1 N–H and O–H groups in total. The number of benzene rings is 2. The second-order valence-corrected chi connectivity index (χ2v) is 9.47. The Morgan fingerprint density at radius 1 is 1.11 bits per heavy atom. The number of amides is 1. The monoisotopic (exact) mass is 452 g/mol. The predicted molar refractivity (Wildman–Crippen MR) is 120 cm³/mol. The summed E-state index contributed by atoms with van der Waals surface area (Å²) < 4.78 is 4.29. The molecule has 0 saturated heterocycles. The molecular formula is C23H21BrN2OS. The van der Waals surface area contributed by atoms with Crippen molar-refractivity contribution in [3.8, 4) is 0 Å². The van der Waals surface area contributed by atoms with Crippen LogP contribution in [0.25, 0.3) is 10.2 Å². The number of rotatable bonds is 5. The summed E-state index contributed by atoms with van der Waals surface area (Å²) in [7, 11) is 0. The highest BCUT2D eigenvalue weighted by Gasteiger charge is 2.19. The summed E-state index contributed by atoms with van der Waals surface area (Å²) in [5, 5.41) is 3.15. The normalized spacial score (nSPS) is 12.2. The second kappa shape index (κ2) is 7.94. The van der Waals surface area contributed by atoms with Crippen LogP contribution in [0, 0.1) is 6.92 Å². The van der Waals surface area contributed by atoms with Crippen LogP contribution >= 0.6 is 27.3 Å². The molecule has 2 aromatic heterocycles. The smallest absolute Gasteiger partial charge is 0.268 e. The van der Waals surface area contributed by atoms with E-state index in [0.717, 1.165) is 19.6 Å². The minimum absolute atomic E-state index is 0.0523. The molecule has 28 heavy (non-hydrogen) atoms. The molecule has 0 radical (unpaired) electrons. The van der Waals surface area contributed by atoms with Crippen LogP contribution in [-0.4, -0.2) is 10.5 Å². The van der Waals surface area contributed by atoms with Crippen LogP contribution in [0.2, 0.25) is 0 Å². The number of carbonyl (C=O) groups is 1. The zero-order valence-electron chi connectivity index (χ0n) is 15.8. The fourth-order valence-electron chi connectivity index (χ4n) is 3.46. The fraction of sp³-hybridized carbons (Fsp3) is 0.174. The Morgan fingerprint density at radius 2 is 1.89 bits per heavy atom. The van der Waals surface area contributed by atoms with Gasteiger partial charge in [-0.3, -0.25) is 4.79 Å². The molecule has 142 valence electrons. The van der Waals surface area contributed by atoms with E-state index in [1.807, 2.05) is 43.3 Å². The van der Waals surface area contributed by atoms with Gasteiger partial charge in [0.2, 0.25) is 0 Å². The first-order valence-corrected chi connectivity index (χ1v) is 10.8. The number of hydrogen-bond acceptors (Lipinski definition) is 2. The van der Waals surface area contributed by atoms with Crippen molar-refractivity contribution in [3.63, 3.8) is 0 Å². The zero-order chi connectivity index (χ0) is 19.7. The average Bonchev–Trinajstić information content (AvgIpc) is 3.19. The van der Waals surface area contributed by atoms with Crippen molar-refractivity contribution in [2.75, 3.05) is 0 Å². The van der Waals surface area contributed by atoms with E-state index in [2.05, 4.69) is 63.1 Å². The minimum atomic E-state index is -0.0548. The molecule has 0 bridgehead atoms. The molecule has 5 heteroatoms. The molecule has 0 aliphatic heterocycles. The standard InChI is InChI=1S/C23H21BrN2OS/c1-15-7-6-8-17(11-15)14-26-19-13-22(24)28-21(19)12-20(26)23(27)25-16(2)18-9-4-3-5-10-18/h3-13,16H,14H2,1-2H3,(H,25,27)/t16-/m0/s1. The molecule has 4 rings (SSSR count). The molecule has 2 aromatic carbocycles. The number of thiophene rings is 1. The van der Waals surface area contributed by atoms with Crippen molar-refractivity contribution < 1.29 is 4.79 Å². The summed E-state index contributed by atoms with van der Waals surface area (Å²) in [6.45, 7) is 4.77. The van der Waals surface area contributed by atoms with Gasteiger partial charge in [-0.05, 0) is 53.0 Å². The molecule has 0 saturated carbocycles. The first kappa shape index (κ1) is 19.0. The Morgan fingerprint density at radius 3 is 2.64 bits per heavy atom. The molecule has 0 aliphatic carbocycles. The summed E-state index contributed by atoms with van der Waals surface area (Å²) in [5.74, 6) is -0.0523. The molecule has 0 aliphatic rings. The first-order valence-electron chi connectivity index (χ1n) is 9.21. The third-order valence-electron chi connectivity index (χ3n) is 4.86. The molecule has 1 amide bonds. The summed E-state index contributed by atoms with van der Waals surface area (Å²) in [6, 6.07) is 22.5. The van der Waals surface area contributed by atoms with Crippen LogP contribution in [0.5, 0.6) is 0 Å². The van der Waals surface area contributed by atoms with Crippen LogP contribution < -0.4 is 5.32 Å². The van der Waals surface area contributed by atoms with Gasteiger partial charge in [-0.15, -0.1) is 11.3 Å². The van der Waals surface area contributed by atoms with E-state index < -0.39 is 0 Å². The van der Waals surface area contributed by atoms with Crippen LogP contribution in [0.3, 0.4) is 0 Å². The highest BCUT2D eigenvalue weighted by atomic mass is 79.9. The van der Waals surface area contributed by atoms with Crippen LogP contribution in [0.4, 0.5) is 0 Å². The topological polar surface area (TPSA) is 34.0 Å². The number of aryl methyl sites for hydroxylation is 1. The molecular weight excluding hydrogens is 432 g/mol. The van der Waals surface area contributed by atoms with Crippen molar-refractivity contribution in [2.45, 2.75) is 26.4 Å². The summed E-state index contributed by atoms with van der Waals surface area (Å²) in [6.07, 6.45) is 0. The number of nitrogens with one attached hydrogen (secondary N) is 1. The lowest BCUT2D eigenvalue weighted by atomic mass is 10.1. The maximum absolute atomic E-state index is 13.1. The van der Waals surface area contributed by atoms with Gasteiger partial charge in [-0.25, -0.2) is 0 Å². The molecule has 0 spiro atoms. The van der Waals surface area contributed by atoms with Crippen molar-refractivity contribution in [3.05, 3.63) is 92.9 Å². The maximum atomic E-state index is 13.1. The summed E-state index contributed by atoms with van der Waals surface area (Å²) >= 11 is 5.22. The van der Waals surface area contributed by atoms with Crippen molar-refractivity contribution in [1.82, 2.24) is 9.88 Å². The van der Waals surface area contributed by atoms with Gasteiger partial charge in [0.05, 0.1) is 20.0 Å². The molecule has 3 nitrogen and oxygen atoms in total. The van der Waals surface area contributed by atoms with E-state index in [9.17, 15) is 4.79 Å². The van der Waals surface area contributed by atoms with E-state index >= 15 is 0 Å². The summed E-state index contributed by atoms with van der Waals surface area (Å²) in [4.78, 5) is 13.1. The quantitative estimate of drug-likeness (QED) is 0.377. The SMILES string of the molecule is Cc1cccc(Cn2c(C(=O)N[C@@H](C)c3ccccc3)cc3sc(Br)cc32)c1. The number of hydrogen-bond donors (Lipinski definition) is 1. The lowest BCUT2D eigenvalue weighted by molar-refractivity contribution is 0.0931. The van der Waals surface area contributed by atoms with Crippen molar-refractivity contribution in [1.29, 1.82) is 0 Å². The number of fused-ring (bicyclic) bond motifs is 1. The van der Waals surface area contributed by atoms with E-state index in [0.29, 0.717) is 12.2 Å². The van der Waals surface area contributed by atoms with Crippen molar-refractivity contribution in [2.24, 2.45) is 0 Å². The van der Waals surface area contributed by atoms with Crippen LogP contribution in [0.1, 0.15) is 40.1 Å². The first-order chi connectivity index (χ1) is 13.5. The Kier molecular flexibility index (Phi) is 5.38. The van der Waals surface area contributed by atoms with E-state index in [-0.39, 0.29) is 11.9 Å². The van der Waals surface area contributed by atoms with Gasteiger partial charge in [0.1, 0.15) is 5.69 Å². The van der Waals surface area contributed by atoms with Crippen LogP contribution in [-0.2, 0) is 6.54 Å². The largest absolute Gasteiger partial charge is 0.344 e. The van der Waals surface area contributed by atoms with Gasteiger partial charge in [-0.2, -0.15) is 0 Å². The number of nitrogens with zero attached hydrogens (tertiary/aromatic N) is 1. The lowest BCUT2D eigenvalue weighted by Crippen LogP contribution is -2.28. The van der Waals surface area contributed by atoms with Gasteiger partial charge in [-0.1, -0.05) is 60.2 Å². The number of halogens is 1. The Hall–Kier alpha value is -2.37. The van der Waals surface area contributed by atoms with E-state index in [4.69, 9.17) is 0 Å². The third-order valence-corrected chi connectivity index (χ3v) is 6.44. The molecule has 0 fully saturated rings. The van der Waals surface area contributed by atoms with E-state index in [1.54, 1.807) is 11.3 Å². The highest BCUT2D eigenvalue weighted by Crippen LogP contribution is 2.33. The van der Waals surface area contributed by atoms with Gasteiger partial charge < -0.3 is 9.88 Å². The molecule has 4 aromatic rings. The Bertz CT molecular complexity index is 1130. The number of aromatic nitrogens is 1. The maximum Gasteiger partial charge on any atom is 0.268 e. The molecule has 1 atom stereocenters. The lowest BCUT2D eigenvalue weighted by Gasteiger charge is -2.16. The number of carbonyl (C=O) groups excluding carboxylic acids is 1. The zero-order valence-corrected chi connectivity index (χ0v) is 18.2. The van der Waals surface area contributed by atoms with Gasteiger partial charge in [0, 0.05) is 6.54 Å². The van der Waals surface area contributed by atoms with E-state index in [1.165, 1.54) is 11.1 Å². The fourth-order valence-corrected chi connectivity index (χ4v) is 5.02. The highest BCUT2D eigenvalue weighted by molar-refractivity contribution is 9.11. The predicted octanol–water partition coefficient (Wildman–Crippen LogP) is 6.31. The Balaban J connectivity index is 1.68. The third kappa shape index (κ3) is 3.91. The summed E-state index contributed by atoms with van der Waals surface area (Å²) in [5.41, 5.74) is 5.27. The van der Waals surface area contributed by atoms with Gasteiger partial charge in [0.25, 0.3) is 5.91 Å². The molecule has 2 heterocycles. The average molecular weight is 453 g/mol.